The van der Waals surface area contributed by atoms with Crippen LogP contribution in [-0.4, -0.2) is 13.1 Å². The minimum Gasteiger partial charge on any atom is -0.465 e. The summed E-state index contributed by atoms with van der Waals surface area (Å²) >= 11 is 3.47. The minimum absolute atomic E-state index is 0.292. The zero-order valence-electron chi connectivity index (χ0n) is 9.26. The Morgan fingerprint density at radius 1 is 1.47 bits per heavy atom. The Bertz CT molecular complexity index is 372. The molecule has 1 rings (SSSR count). The van der Waals surface area contributed by atoms with E-state index in [1.807, 2.05) is 6.07 Å². The van der Waals surface area contributed by atoms with Crippen LogP contribution in [0.15, 0.2) is 16.6 Å². The summed E-state index contributed by atoms with van der Waals surface area (Å²) < 4.78 is 5.59. The fraction of sp³-hybridized carbons (Fsp3) is 0.417. The minimum atomic E-state index is -0.292. The first-order valence-electron chi connectivity index (χ1n) is 4.98. The first-order chi connectivity index (χ1) is 7.11. The van der Waals surface area contributed by atoms with Crippen LogP contribution >= 0.6 is 15.9 Å². The summed E-state index contributed by atoms with van der Waals surface area (Å²) in [6.07, 6.45) is 2.03. The maximum atomic E-state index is 11.4. The monoisotopic (exact) mass is 270 g/mol. The molecule has 0 atom stereocenters. The van der Waals surface area contributed by atoms with Crippen LogP contribution in [-0.2, 0) is 11.2 Å². The van der Waals surface area contributed by atoms with Gasteiger partial charge in [0.05, 0.1) is 12.7 Å². The third kappa shape index (κ3) is 2.59. The summed E-state index contributed by atoms with van der Waals surface area (Å²) in [6.45, 7) is 4.17. The highest BCUT2D eigenvalue weighted by atomic mass is 79.9. The molecule has 1 aromatic rings. The molecule has 0 spiro atoms. The van der Waals surface area contributed by atoms with Crippen LogP contribution in [0.25, 0.3) is 0 Å². The van der Waals surface area contributed by atoms with Crippen LogP contribution in [0.2, 0.25) is 0 Å². The van der Waals surface area contributed by atoms with E-state index in [0.29, 0.717) is 5.56 Å². The average Bonchev–Trinajstić information content (AvgIpc) is 2.23. The molecule has 3 heteroatoms. The lowest BCUT2D eigenvalue weighted by atomic mass is 10.0. The third-order valence-electron chi connectivity index (χ3n) is 2.38. The zero-order chi connectivity index (χ0) is 11.4. The predicted molar refractivity (Wildman–Crippen MR) is 64.2 cm³/mol. The number of hydrogen-bond acceptors (Lipinski definition) is 2. The van der Waals surface area contributed by atoms with Crippen LogP contribution in [0.4, 0.5) is 0 Å². The molecule has 0 aliphatic heterocycles. The lowest BCUT2D eigenvalue weighted by Crippen LogP contribution is -2.05. The van der Waals surface area contributed by atoms with Gasteiger partial charge < -0.3 is 4.74 Å². The van der Waals surface area contributed by atoms with Crippen LogP contribution in [0.3, 0.4) is 0 Å². The van der Waals surface area contributed by atoms with E-state index < -0.39 is 0 Å². The molecule has 0 saturated heterocycles. The van der Waals surface area contributed by atoms with Gasteiger partial charge in [-0.05, 0) is 46.5 Å². The van der Waals surface area contributed by atoms with Gasteiger partial charge in [-0.1, -0.05) is 19.4 Å². The Morgan fingerprint density at radius 3 is 2.67 bits per heavy atom. The highest BCUT2D eigenvalue weighted by Gasteiger charge is 2.14. The highest BCUT2D eigenvalue weighted by Crippen LogP contribution is 2.26. The molecule has 0 aromatic heterocycles. The van der Waals surface area contributed by atoms with Gasteiger partial charge in [0.25, 0.3) is 0 Å². The number of methoxy groups -OCH3 is 1. The normalized spacial score (nSPS) is 10.1. The van der Waals surface area contributed by atoms with E-state index in [-0.39, 0.29) is 5.97 Å². The van der Waals surface area contributed by atoms with Gasteiger partial charge in [-0.25, -0.2) is 4.79 Å². The van der Waals surface area contributed by atoms with Gasteiger partial charge in [0.1, 0.15) is 0 Å². The standard InChI is InChI=1S/C12H15BrO2/c1-4-5-9-8(2)6-7-10(11(9)13)12(14)15-3/h6-7H,4-5H2,1-3H3. The maximum absolute atomic E-state index is 11.4. The van der Waals surface area contributed by atoms with E-state index >= 15 is 0 Å². The second-order valence-electron chi connectivity index (χ2n) is 3.46. The van der Waals surface area contributed by atoms with Crippen molar-refractivity contribution in [3.8, 4) is 0 Å². The third-order valence-corrected chi connectivity index (χ3v) is 3.29. The van der Waals surface area contributed by atoms with Gasteiger partial charge in [-0.15, -0.1) is 0 Å². The molecule has 0 amide bonds. The summed E-state index contributed by atoms with van der Waals surface area (Å²) in [6, 6.07) is 3.76. The maximum Gasteiger partial charge on any atom is 0.339 e. The van der Waals surface area contributed by atoms with Crippen molar-refractivity contribution in [2.24, 2.45) is 0 Å². The molecule has 1 aromatic carbocycles. The van der Waals surface area contributed by atoms with Gasteiger partial charge in [0.2, 0.25) is 0 Å². The van der Waals surface area contributed by atoms with Crippen molar-refractivity contribution < 1.29 is 9.53 Å². The second-order valence-corrected chi connectivity index (χ2v) is 4.26. The second kappa shape index (κ2) is 5.31. The molecule has 0 N–H and O–H groups in total. The summed E-state index contributed by atoms with van der Waals surface area (Å²) in [5.74, 6) is -0.292. The Hall–Kier alpha value is -0.830. The molecule has 0 aliphatic carbocycles. The Morgan fingerprint density at radius 2 is 2.13 bits per heavy atom. The van der Waals surface area contributed by atoms with Crippen LogP contribution < -0.4 is 0 Å². The molecule has 2 nitrogen and oxygen atoms in total. The predicted octanol–water partition coefficient (Wildman–Crippen LogP) is 3.50. The molecular weight excluding hydrogens is 256 g/mol. The quantitative estimate of drug-likeness (QED) is 0.786. The number of esters is 1. The number of carbonyl (C=O) groups is 1. The molecule has 82 valence electrons. The van der Waals surface area contributed by atoms with Crippen molar-refractivity contribution in [3.05, 3.63) is 33.3 Å². The first kappa shape index (κ1) is 12.2. The van der Waals surface area contributed by atoms with Crippen molar-refractivity contribution in [2.45, 2.75) is 26.7 Å². The van der Waals surface area contributed by atoms with E-state index in [1.54, 1.807) is 6.07 Å². The van der Waals surface area contributed by atoms with Crippen LogP contribution in [0.5, 0.6) is 0 Å². The van der Waals surface area contributed by atoms with Crippen molar-refractivity contribution in [3.63, 3.8) is 0 Å². The molecule has 0 bridgehead atoms. The van der Waals surface area contributed by atoms with Crippen molar-refractivity contribution >= 4 is 21.9 Å². The summed E-state index contributed by atoms with van der Waals surface area (Å²) in [4.78, 5) is 11.4. The summed E-state index contributed by atoms with van der Waals surface area (Å²) in [5, 5.41) is 0. The first-order valence-corrected chi connectivity index (χ1v) is 5.77. The number of hydrogen-bond donors (Lipinski definition) is 0. The number of halogens is 1. The van der Waals surface area contributed by atoms with Gasteiger partial charge in [0, 0.05) is 4.47 Å². The fourth-order valence-electron chi connectivity index (χ4n) is 1.54. The van der Waals surface area contributed by atoms with E-state index in [2.05, 4.69) is 29.8 Å². The molecule has 0 radical (unpaired) electrons. The summed E-state index contributed by atoms with van der Waals surface area (Å²) in [7, 11) is 1.40. The number of carbonyl (C=O) groups excluding carboxylic acids is 1. The molecule has 0 heterocycles. The topological polar surface area (TPSA) is 26.3 Å². The lowest BCUT2D eigenvalue weighted by Gasteiger charge is -2.10. The largest absolute Gasteiger partial charge is 0.465 e. The molecule has 0 aliphatic rings. The number of benzene rings is 1. The van der Waals surface area contributed by atoms with Gasteiger partial charge >= 0.3 is 5.97 Å². The molecule has 15 heavy (non-hydrogen) atoms. The van der Waals surface area contributed by atoms with Gasteiger partial charge in [0.15, 0.2) is 0 Å². The van der Waals surface area contributed by atoms with Crippen molar-refractivity contribution in [1.29, 1.82) is 0 Å². The molecule has 0 saturated carbocycles. The molecule has 0 unspecified atom stereocenters. The molecular formula is C12H15BrO2. The smallest absolute Gasteiger partial charge is 0.339 e. The average molecular weight is 271 g/mol. The van der Waals surface area contributed by atoms with E-state index in [0.717, 1.165) is 17.3 Å². The number of aryl methyl sites for hydroxylation is 1. The van der Waals surface area contributed by atoms with Crippen molar-refractivity contribution in [1.82, 2.24) is 0 Å². The van der Waals surface area contributed by atoms with Gasteiger partial charge in [-0.2, -0.15) is 0 Å². The van der Waals surface area contributed by atoms with E-state index in [1.165, 1.54) is 18.2 Å². The zero-order valence-corrected chi connectivity index (χ0v) is 10.8. The Balaban J connectivity index is 3.21. The van der Waals surface area contributed by atoms with E-state index in [9.17, 15) is 4.79 Å². The molecule has 0 fully saturated rings. The van der Waals surface area contributed by atoms with Crippen LogP contribution in [0.1, 0.15) is 34.8 Å². The number of ether oxygens (including phenoxy) is 1. The fourth-order valence-corrected chi connectivity index (χ4v) is 2.35. The SMILES string of the molecule is CCCc1c(C)ccc(C(=O)OC)c1Br. The lowest BCUT2D eigenvalue weighted by molar-refractivity contribution is 0.0599. The highest BCUT2D eigenvalue weighted by molar-refractivity contribution is 9.10. The Labute approximate surface area is 98.8 Å². The van der Waals surface area contributed by atoms with E-state index in [4.69, 9.17) is 4.74 Å². The summed E-state index contributed by atoms with van der Waals surface area (Å²) in [5.41, 5.74) is 3.00. The number of rotatable bonds is 3. The van der Waals surface area contributed by atoms with Gasteiger partial charge in [-0.3, -0.25) is 0 Å². The van der Waals surface area contributed by atoms with Crippen molar-refractivity contribution in [2.75, 3.05) is 7.11 Å². The van der Waals surface area contributed by atoms with Crippen LogP contribution in [0, 0.1) is 6.92 Å². The Kier molecular flexibility index (Phi) is 4.33.